The van der Waals surface area contributed by atoms with E-state index < -0.39 is 0 Å². The Bertz CT molecular complexity index is 1390. The number of tetrazole rings is 1. The molecular weight excluding hydrogens is 460 g/mol. The summed E-state index contributed by atoms with van der Waals surface area (Å²) >= 11 is 0. The maximum Gasteiger partial charge on any atom is 0.256 e. The molecule has 4 aromatic rings. The largest absolute Gasteiger partial charge is 0.272 e. The van der Waals surface area contributed by atoms with Gasteiger partial charge in [-0.3, -0.25) is 4.79 Å². The number of hydrogen-bond acceptors (Lipinski definition) is 5. The van der Waals surface area contributed by atoms with Crippen LogP contribution in [0.4, 0.5) is 0 Å². The smallest absolute Gasteiger partial charge is 0.256 e. The third-order valence-corrected chi connectivity index (χ3v) is 6.70. The topological polar surface area (TPSA) is 96.2 Å². The number of unbranched alkanes of at least 4 members (excludes halogenated alkanes) is 1. The molecule has 0 aliphatic carbocycles. The lowest BCUT2D eigenvalue weighted by Crippen LogP contribution is -2.30. The minimum Gasteiger partial charge on any atom is -0.272 e. The molecule has 1 N–H and O–H groups in total. The second-order valence-corrected chi connectivity index (χ2v) is 9.29. The molecule has 37 heavy (non-hydrogen) atoms. The molecule has 1 unspecified atom stereocenters. The number of aromatic amines is 1. The van der Waals surface area contributed by atoms with Crippen molar-refractivity contribution in [1.82, 2.24) is 20.6 Å². The van der Waals surface area contributed by atoms with Gasteiger partial charge in [0.2, 0.25) is 5.82 Å². The lowest BCUT2D eigenvalue weighted by atomic mass is 9.89. The highest BCUT2D eigenvalue weighted by molar-refractivity contribution is 6.16. The van der Waals surface area contributed by atoms with Crippen LogP contribution in [-0.4, -0.2) is 38.1 Å². The van der Waals surface area contributed by atoms with E-state index in [2.05, 4.69) is 68.9 Å². The van der Waals surface area contributed by atoms with Gasteiger partial charge in [-0.15, -0.1) is 10.2 Å². The maximum atomic E-state index is 13.2. The van der Waals surface area contributed by atoms with Gasteiger partial charge in [-0.1, -0.05) is 92.2 Å². The molecule has 1 aromatic heterocycles. The molecule has 0 saturated carbocycles. The minimum absolute atomic E-state index is 0.0734. The first-order valence-electron chi connectivity index (χ1n) is 12.9. The van der Waals surface area contributed by atoms with Crippen molar-refractivity contribution in [3.63, 3.8) is 0 Å². The number of H-pyrrole nitrogens is 1. The van der Waals surface area contributed by atoms with Gasteiger partial charge in [-0.25, -0.2) is 4.99 Å². The number of nitrogens with zero attached hydrogens (tertiary/aromatic N) is 5. The summed E-state index contributed by atoms with van der Waals surface area (Å²) in [4.78, 5) is 22.5. The van der Waals surface area contributed by atoms with Gasteiger partial charge in [0.05, 0.1) is 5.92 Å². The van der Waals surface area contributed by atoms with Crippen LogP contribution in [0.25, 0.3) is 22.5 Å². The Morgan fingerprint density at radius 2 is 1.54 bits per heavy atom. The van der Waals surface area contributed by atoms with Crippen molar-refractivity contribution in [2.45, 2.75) is 45.4 Å². The SMILES string of the molecule is CCCCC1=NC(CCc2ccccc2)=NC(=O)C1Cc1ccc(-c2ccccc2-c2nn[nH]n2)cc1. The summed E-state index contributed by atoms with van der Waals surface area (Å²) in [6.45, 7) is 2.16. The van der Waals surface area contributed by atoms with Crippen molar-refractivity contribution in [3.05, 3.63) is 90.0 Å². The van der Waals surface area contributed by atoms with Crippen LogP contribution < -0.4 is 0 Å². The van der Waals surface area contributed by atoms with Crippen LogP contribution in [0.5, 0.6) is 0 Å². The van der Waals surface area contributed by atoms with E-state index in [0.717, 1.165) is 53.6 Å². The highest BCUT2D eigenvalue weighted by atomic mass is 16.1. The number of nitrogens with one attached hydrogen (secondary N) is 1. The third-order valence-electron chi connectivity index (χ3n) is 6.70. The number of amides is 1. The third kappa shape index (κ3) is 5.94. The second kappa shape index (κ2) is 11.6. The number of carbonyl (C=O) groups excluding carboxylic acids is 1. The van der Waals surface area contributed by atoms with Gasteiger partial charge in [0.15, 0.2) is 0 Å². The van der Waals surface area contributed by atoms with Crippen LogP contribution in [0.2, 0.25) is 0 Å². The fourth-order valence-corrected chi connectivity index (χ4v) is 4.68. The fourth-order valence-electron chi connectivity index (χ4n) is 4.68. The maximum absolute atomic E-state index is 13.2. The van der Waals surface area contributed by atoms with E-state index in [1.165, 1.54) is 5.56 Å². The van der Waals surface area contributed by atoms with E-state index in [1.54, 1.807) is 0 Å². The van der Waals surface area contributed by atoms with Crippen molar-refractivity contribution >= 4 is 17.5 Å². The van der Waals surface area contributed by atoms with Gasteiger partial charge in [-0.05, 0) is 53.2 Å². The quantitative estimate of drug-likeness (QED) is 0.299. The Labute approximate surface area is 216 Å². The molecule has 186 valence electrons. The molecule has 0 radical (unpaired) electrons. The lowest BCUT2D eigenvalue weighted by molar-refractivity contribution is -0.119. The molecule has 3 aromatic carbocycles. The van der Waals surface area contributed by atoms with E-state index in [1.807, 2.05) is 42.5 Å². The van der Waals surface area contributed by atoms with Gasteiger partial charge < -0.3 is 0 Å². The van der Waals surface area contributed by atoms with E-state index in [0.29, 0.717) is 24.5 Å². The molecule has 0 saturated heterocycles. The molecule has 1 aliphatic rings. The first-order valence-corrected chi connectivity index (χ1v) is 12.9. The molecule has 0 fully saturated rings. The number of aromatic nitrogens is 4. The van der Waals surface area contributed by atoms with E-state index in [4.69, 9.17) is 4.99 Å². The predicted octanol–water partition coefficient (Wildman–Crippen LogP) is 5.90. The second-order valence-electron chi connectivity index (χ2n) is 9.29. The van der Waals surface area contributed by atoms with Gasteiger partial charge in [0, 0.05) is 17.7 Å². The summed E-state index contributed by atoms with van der Waals surface area (Å²) in [6, 6.07) is 26.6. The highest BCUT2D eigenvalue weighted by Gasteiger charge is 2.28. The van der Waals surface area contributed by atoms with Crippen LogP contribution in [0, 0.1) is 5.92 Å². The summed E-state index contributed by atoms with van der Waals surface area (Å²) < 4.78 is 0. The zero-order chi connectivity index (χ0) is 25.5. The van der Waals surface area contributed by atoms with Crippen LogP contribution in [-0.2, 0) is 17.6 Å². The van der Waals surface area contributed by atoms with Crippen LogP contribution in [0.15, 0.2) is 88.8 Å². The Morgan fingerprint density at radius 1 is 0.784 bits per heavy atom. The van der Waals surface area contributed by atoms with Gasteiger partial charge >= 0.3 is 0 Å². The number of aliphatic imine (C=N–C) groups is 2. The normalized spacial score (nSPS) is 15.4. The van der Waals surface area contributed by atoms with Crippen LogP contribution in [0.1, 0.15) is 43.7 Å². The molecule has 5 rings (SSSR count). The average Bonchev–Trinajstić information content (AvgIpc) is 3.48. The summed E-state index contributed by atoms with van der Waals surface area (Å²) in [7, 11) is 0. The Kier molecular flexibility index (Phi) is 7.69. The number of carbonyl (C=O) groups is 1. The van der Waals surface area contributed by atoms with Crippen molar-refractivity contribution in [3.8, 4) is 22.5 Å². The first-order chi connectivity index (χ1) is 18.2. The Balaban J connectivity index is 1.32. The van der Waals surface area contributed by atoms with Gasteiger partial charge in [0.1, 0.15) is 5.84 Å². The molecular formula is C30H30N6O. The van der Waals surface area contributed by atoms with Crippen molar-refractivity contribution in [2.75, 3.05) is 0 Å². The average molecular weight is 491 g/mol. The zero-order valence-corrected chi connectivity index (χ0v) is 21.0. The zero-order valence-electron chi connectivity index (χ0n) is 21.0. The monoisotopic (exact) mass is 490 g/mol. The number of aryl methyl sites for hydroxylation is 1. The highest BCUT2D eigenvalue weighted by Crippen LogP contribution is 2.30. The van der Waals surface area contributed by atoms with E-state index in [-0.39, 0.29) is 11.8 Å². The minimum atomic E-state index is -0.301. The lowest BCUT2D eigenvalue weighted by Gasteiger charge is -2.21. The van der Waals surface area contributed by atoms with Crippen LogP contribution >= 0.6 is 0 Å². The molecule has 7 heteroatoms. The van der Waals surface area contributed by atoms with Crippen LogP contribution in [0.3, 0.4) is 0 Å². The molecule has 2 heterocycles. The molecule has 1 aliphatic heterocycles. The number of benzene rings is 3. The Hall–Kier alpha value is -4.26. The van der Waals surface area contributed by atoms with Crippen molar-refractivity contribution in [2.24, 2.45) is 15.9 Å². The molecule has 1 amide bonds. The predicted molar refractivity (Wildman–Crippen MR) is 146 cm³/mol. The van der Waals surface area contributed by atoms with Crippen molar-refractivity contribution in [1.29, 1.82) is 0 Å². The standard InChI is InChI=1S/C30H30N6O/c1-2-3-13-27-26(30(37)32-28(31-27)19-16-21-9-5-4-6-10-21)20-22-14-17-23(18-15-22)24-11-7-8-12-25(24)29-33-35-36-34-29/h4-12,14-15,17-18,26H,2-3,13,16,19-20H2,1H3,(H,33,34,35,36). The van der Waals surface area contributed by atoms with Crippen molar-refractivity contribution < 1.29 is 4.79 Å². The van der Waals surface area contributed by atoms with Gasteiger partial charge in [-0.2, -0.15) is 10.2 Å². The summed E-state index contributed by atoms with van der Waals surface area (Å²) in [6.07, 6.45) is 5.00. The number of hydrogen-bond donors (Lipinski definition) is 1. The summed E-state index contributed by atoms with van der Waals surface area (Å²) in [5, 5.41) is 14.5. The molecule has 1 atom stereocenters. The molecule has 7 nitrogen and oxygen atoms in total. The van der Waals surface area contributed by atoms with Gasteiger partial charge in [0.25, 0.3) is 5.91 Å². The Morgan fingerprint density at radius 3 is 2.27 bits per heavy atom. The van der Waals surface area contributed by atoms with E-state index in [9.17, 15) is 4.79 Å². The van der Waals surface area contributed by atoms with E-state index >= 15 is 0 Å². The fraction of sp³-hybridized carbons (Fsp3) is 0.267. The number of rotatable bonds is 10. The molecule has 0 spiro atoms. The summed E-state index contributed by atoms with van der Waals surface area (Å²) in [5.74, 6) is 0.843. The first kappa shape index (κ1) is 24.4. The summed E-state index contributed by atoms with van der Waals surface area (Å²) in [5.41, 5.74) is 6.29. The number of amidine groups is 1. The molecule has 0 bridgehead atoms.